The molecule has 9 heavy (non-hydrogen) atoms. The summed E-state index contributed by atoms with van der Waals surface area (Å²) >= 11 is 0. The summed E-state index contributed by atoms with van der Waals surface area (Å²) in [5.41, 5.74) is 2.95. The number of aryl methyl sites for hydroxylation is 2. The monoisotopic (exact) mass is 120 g/mol. The second-order valence-electron chi connectivity index (χ2n) is 2.53. The summed E-state index contributed by atoms with van der Waals surface area (Å²) in [7, 11) is 0. The van der Waals surface area contributed by atoms with E-state index >= 15 is 0 Å². The number of hydrogen-bond acceptors (Lipinski definition) is 0. The van der Waals surface area contributed by atoms with Crippen molar-refractivity contribution in [2.45, 2.75) is 19.3 Å². The van der Waals surface area contributed by atoms with E-state index in [-0.39, 0.29) is 0 Å². The van der Waals surface area contributed by atoms with E-state index < -0.39 is 0 Å². The highest BCUT2D eigenvalue weighted by molar-refractivity contribution is 5.19. The van der Waals surface area contributed by atoms with Crippen LogP contribution in [0.5, 0.6) is 0 Å². The van der Waals surface area contributed by atoms with Crippen molar-refractivity contribution in [2.24, 2.45) is 0 Å². The van der Waals surface area contributed by atoms with Crippen molar-refractivity contribution in [1.82, 2.24) is 0 Å². The predicted molar refractivity (Wildman–Crippen MR) is 35.0 cm³/mol. The smallest absolute Gasteiger partial charge is 0.182 e. The van der Waals surface area contributed by atoms with Crippen LogP contribution in [0.2, 0.25) is 0 Å². The van der Waals surface area contributed by atoms with Crippen LogP contribution < -0.4 is 4.98 Å². The minimum absolute atomic E-state index is 1.25. The Bertz CT molecular complexity index is 195. The molecule has 0 spiro atoms. The lowest BCUT2D eigenvalue weighted by molar-refractivity contribution is -0.389. The molecule has 1 heterocycles. The SMILES string of the molecule is c1c[nH+]c2c(c1)CCC2. The zero-order valence-electron chi connectivity index (χ0n) is 5.35. The van der Waals surface area contributed by atoms with Crippen LogP contribution in [0.3, 0.4) is 0 Å². The molecule has 1 nitrogen and oxygen atoms in total. The zero-order chi connectivity index (χ0) is 6.10. The molecule has 46 valence electrons. The summed E-state index contributed by atoms with van der Waals surface area (Å²) in [4.78, 5) is 3.25. The molecular weight excluding hydrogens is 110 g/mol. The molecule has 0 fully saturated rings. The van der Waals surface area contributed by atoms with Gasteiger partial charge in [0.15, 0.2) is 11.9 Å². The number of hydrogen-bond donors (Lipinski definition) is 0. The van der Waals surface area contributed by atoms with Crippen molar-refractivity contribution < 1.29 is 4.98 Å². The Morgan fingerprint density at radius 3 is 3.22 bits per heavy atom. The van der Waals surface area contributed by atoms with Gasteiger partial charge in [-0.15, -0.1) is 0 Å². The van der Waals surface area contributed by atoms with E-state index in [9.17, 15) is 0 Å². The summed E-state index contributed by atoms with van der Waals surface area (Å²) < 4.78 is 0. The minimum Gasteiger partial charge on any atom is -0.215 e. The lowest BCUT2D eigenvalue weighted by Gasteiger charge is -1.85. The van der Waals surface area contributed by atoms with Gasteiger partial charge in [0, 0.05) is 18.1 Å². The average Bonchev–Trinajstić information content (AvgIpc) is 2.33. The van der Waals surface area contributed by atoms with Gasteiger partial charge < -0.3 is 0 Å². The molecule has 1 aliphatic rings. The molecule has 1 N–H and O–H groups in total. The van der Waals surface area contributed by atoms with Crippen LogP contribution in [0.1, 0.15) is 17.7 Å². The first-order valence-electron chi connectivity index (χ1n) is 3.45. The maximum absolute atomic E-state index is 3.25. The molecule has 0 aliphatic heterocycles. The van der Waals surface area contributed by atoms with Gasteiger partial charge in [-0.25, -0.2) is 4.98 Å². The molecule has 1 aromatic rings. The number of nitrogens with one attached hydrogen (secondary N) is 1. The summed E-state index contributed by atoms with van der Waals surface area (Å²) in [6.07, 6.45) is 5.85. The number of fused-ring (bicyclic) bond motifs is 1. The molecule has 2 rings (SSSR count). The Balaban J connectivity index is 2.54. The van der Waals surface area contributed by atoms with E-state index in [1.54, 1.807) is 0 Å². The van der Waals surface area contributed by atoms with E-state index in [0.29, 0.717) is 0 Å². The fourth-order valence-corrected chi connectivity index (χ4v) is 1.43. The van der Waals surface area contributed by atoms with E-state index in [1.807, 2.05) is 6.20 Å². The van der Waals surface area contributed by atoms with Crippen LogP contribution in [0.15, 0.2) is 18.3 Å². The maximum Gasteiger partial charge on any atom is 0.182 e. The lowest BCUT2D eigenvalue weighted by atomic mass is 10.2. The van der Waals surface area contributed by atoms with Crippen molar-refractivity contribution >= 4 is 0 Å². The molecule has 0 bridgehead atoms. The summed E-state index contributed by atoms with van der Waals surface area (Å²) in [6.45, 7) is 0. The Labute approximate surface area is 54.7 Å². The Morgan fingerprint density at radius 1 is 1.33 bits per heavy atom. The first kappa shape index (κ1) is 4.98. The number of aromatic nitrogens is 1. The maximum atomic E-state index is 3.25. The van der Waals surface area contributed by atoms with Gasteiger partial charge >= 0.3 is 0 Å². The molecule has 1 heteroatoms. The molecular formula is C8H10N+. The van der Waals surface area contributed by atoms with Crippen LogP contribution in [0.25, 0.3) is 0 Å². The fraction of sp³-hybridized carbons (Fsp3) is 0.375. The third-order valence-corrected chi connectivity index (χ3v) is 1.91. The number of pyridine rings is 1. The molecule has 0 aromatic carbocycles. The molecule has 0 saturated carbocycles. The van der Waals surface area contributed by atoms with E-state index in [2.05, 4.69) is 17.1 Å². The first-order valence-corrected chi connectivity index (χ1v) is 3.45. The molecule has 0 amide bonds. The number of H-pyrrole nitrogens is 1. The highest BCUT2D eigenvalue weighted by Crippen LogP contribution is 2.15. The minimum atomic E-state index is 1.25. The van der Waals surface area contributed by atoms with Crippen molar-refractivity contribution in [3.8, 4) is 0 Å². The van der Waals surface area contributed by atoms with Gasteiger partial charge in [-0.1, -0.05) is 0 Å². The van der Waals surface area contributed by atoms with Gasteiger partial charge in [-0.3, -0.25) is 0 Å². The molecule has 1 aromatic heterocycles. The average molecular weight is 120 g/mol. The van der Waals surface area contributed by atoms with Crippen LogP contribution in [-0.2, 0) is 12.8 Å². The molecule has 1 aliphatic carbocycles. The molecule has 0 unspecified atom stereocenters. The third-order valence-electron chi connectivity index (χ3n) is 1.91. The second-order valence-corrected chi connectivity index (χ2v) is 2.53. The van der Waals surface area contributed by atoms with E-state index in [1.165, 1.54) is 30.5 Å². The summed E-state index contributed by atoms with van der Waals surface area (Å²) in [6, 6.07) is 4.28. The lowest BCUT2D eigenvalue weighted by Crippen LogP contribution is -2.07. The number of rotatable bonds is 0. The van der Waals surface area contributed by atoms with Crippen LogP contribution in [0, 0.1) is 0 Å². The summed E-state index contributed by atoms with van der Waals surface area (Å²) in [5, 5.41) is 0. The van der Waals surface area contributed by atoms with Gasteiger partial charge in [-0.05, 0) is 18.9 Å². The van der Waals surface area contributed by atoms with Gasteiger partial charge in [0.1, 0.15) is 0 Å². The van der Waals surface area contributed by atoms with Gasteiger partial charge in [0.05, 0.1) is 0 Å². The largest absolute Gasteiger partial charge is 0.215 e. The third kappa shape index (κ3) is 0.727. The highest BCUT2D eigenvalue weighted by atomic mass is 14.7. The zero-order valence-corrected chi connectivity index (χ0v) is 5.35. The van der Waals surface area contributed by atoms with Crippen molar-refractivity contribution in [3.63, 3.8) is 0 Å². The normalized spacial score (nSPS) is 15.6. The Hall–Kier alpha value is -0.850. The second kappa shape index (κ2) is 1.83. The molecule has 0 atom stereocenters. The van der Waals surface area contributed by atoms with Crippen molar-refractivity contribution in [2.75, 3.05) is 0 Å². The van der Waals surface area contributed by atoms with Crippen LogP contribution >= 0.6 is 0 Å². The predicted octanol–water partition coefficient (Wildman–Crippen LogP) is 0.989. The van der Waals surface area contributed by atoms with E-state index in [4.69, 9.17) is 0 Å². The molecule has 0 radical (unpaired) electrons. The standard InChI is InChI=1S/C8H9N/c1-3-7-4-2-6-9-8(7)5-1/h2,4,6H,1,3,5H2/p+1. The van der Waals surface area contributed by atoms with Crippen LogP contribution in [0.4, 0.5) is 0 Å². The Morgan fingerprint density at radius 2 is 2.33 bits per heavy atom. The number of aromatic amines is 1. The highest BCUT2D eigenvalue weighted by Gasteiger charge is 2.14. The topological polar surface area (TPSA) is 14.1 Å². The van der Waals surface area contributed by atoms with Crippen molar-refractivity contribution in [1.29, 1.82) is 0 Å². The summed E-state index contributed by atoms with van der Waals surface area (Å²) in [5.74, 6) is 0. The van der Waals surface area contributed by atoms with Crippen LogP contribution in [-0.4, -0.2) is 0 Å². The van der Waals surface area contributed by atoms with E-state index in [0.717, 1.165) is 0 Å². The van der Waals surface area contributed by atoms with Crippen molar-refractivity contribution in [3.05, 3.63) is 29.6 Å². The fourth-order valence-electron chi connectivity index (χ4n) is 1.43. The quantitative estimate of drug-likeness (QED) is 0.485. The van der Waals surface area contributed by atoms with Gasteiger partial charge in [-0.2, -0.15) is 0 Å². The Kier molecular flexibility index (Phi) is 1.01. The van der Waals surface area contributed by atoms with Gasteiger partial charge in [0.25, 0.3) is 0 Å². The molecule has 0 saturated heterocycles. The van der Waals surface area contributed by atoms with Gasteiger partial charge in [0.2, 0.25) is 0 Å². The first-order chi connectivity index (χ1) is 4.47.